The summed E-state index contributed by atoms with van der Waals surface area (Å²) in [5, 5.41) is 17.5. The number of nitro benzene ring substituents is 1. The minimum Gasteiger partial charge on any atom is -0.468 e. The molecule has 8 nitrogen and oxygen atoms in total. The highest BCUT2D eigenvalue weighted by atomic mass is 127. The van der Waals surface area contributed by atoms with Crippen LogP contribution in [0.25, 0.3) is 0 Å². The second kappa shape index (κ2) is 13.1. The quantitative estimate of drug-likeness (QED) is 0.124. The van der Waals surface area contributed by atoms with E-state index in [4.69, 9.17) is 4.42 Å². The molecule has 2 N–H and O–H groups in total. The Bertz CT molecular complexity index is 833. The van der Waals surface area contributed by atoms with Gasteiger partial charge in [0.1, 0.15) is 5.76 Å². The minimum atomic E-state index is -0.402. The van der Waals surface area contributed by atoms with Gasteiger partial charge in [-0.3, -0.25) is 15.0 Å². The van der Waals surface area contributed by atoms with Gasteiger partial charge in [-0.2, -0.15) is 0 Å². The number of nitrogens with zero attached hydrogens (tertiary/aromatic N) is 3. The molecule has 3 rings (SSSR count). The highest BCUT2D eigenvalue weighted by Crippen LogP contribution is 2.24. The number of aliphatic imine (C=N–C) groups is 1. The van der Waals surface area contributed by atoms with Crippen LogP contribution in [-0.4, -0.2) is 42.0 Å². The molecule has 0 amide bonds. The number of non-ortho nitro benzene ring substituents is 1. The maximum atomic E-state index is 10.8. The Morgan fingerprint density at radius 2 is 1.97 bits per heavy atom. The van der Waals surface area contributed by atoms with E-state index in [2.05, 4.69) is 27.1 Å². The molecule has 1 unspecified atom stereocenters. The van der Waals surface area contributed by atoms with Gasteiger partial charge in [0, 0.05) is 25.2 Å². The Kier molecular flexibility index (Phi) is 10.5. The molecule has 2 aromatic rings. The van der Waals surface area contributed by atoms with Crippen molar-refractivity contribution in [3.05, 3.63) is 76.8 Å². The highest BCUT2D eigenvalue weighted by Gasteiger charge is 2.24. The van der Waals surface area contributed by atoms with E-state index >= 15 is 0 Å². The van der Waals surface area contributed by atoms with E-state index in [1.54, 1.807) is 24.5 Å². The zero-order valence-corrected chi connectivity index (χ0v) is 19.9. The van der Waals surface area contributed by atoms with Crippen molar-refractivity contribution in [1.82, 2.24) is 15.5 Å². The predicted octanol–water partition coefficient (Wildman–Crippen LogP) is 4.25. The standard InChI is InChI=1S/C22H29N5O3.HI/c1-2-12-23-22(24-16-18-8-10-19(11-9-18)27(28)29)25-17-20(21-7-6-15-30-21)26-13-4-3-5-14-26;/h2,6-11,15,20H,1,3-5,12-14,16-17H2,(H2,23,24,25);1H. The van der Waals surface area contributed by atoms with Crippen LogP contribution in [0.3, 0.4) is 0 Å². The predicted molar refractivity (Wildman–Crippen MR) is 133 cm³/mol. The summed E-state index contributed by atoms with van der Waals surface area (Å²) in [5.41, 5.74) is 0.979. The van der Waals surface area contributed by atoms with E-state index < -0.39 is 4.92 Å². The van der Waals surface area contributed by atoms with Crippen LogP contribution in [-0.2, 0) is 6.54 Å². The first-order valence-electron chi connectivity index (χ1n) is 10.3. The van der Waals surface area contributed by atoms with E-state index in [9.17, 15) is 10.1 Å². The maximum Gasteiger partial charge on any atom is 0.269 e. The molecular weight excluding hydrogens is 509 g/mol. The maximum absolute atomic E-state index is 10.8. The first-order valence-corrected chi connectivity index (χ1v) is 10.3. The lowest BCUT2D eigenvalue weighted by Gasteiger charge is -2.33. The summed E-state index contributed by atoms with van der Waals surface area (Å²) in [5.74, 6) is 1.62. The Morgan fingerprint density at radius 3 is 2.58 bits per heavy atom. The van der Waals surface area contributed by atoms with Crippen molar-refractivity contribution in [2.24, 2.45) is 4.99 Å². The molecule has 9 heteroatoms. The van der Waals surface area contributed by atoms with Crippen LogP contribution in [0.15, 0.2) is 64.7 Å². The number of furan rings is 1. The third kappa shape index (κ3) is 7.66. The van der Waals surface area contributed by atoms with Crippen LogP contribution in [0.2, 0.25) is 0 Å². The molecule has 1 aliphatic rings. The van der Waals surface area contributed by atoms with E-state index in [1.165, 1.54) is 31.4 Å². The van der Waals surface area contributed by atoms with Gasteiger partial charge in [0.05, 0.1) is 23.8 Å². The van der Waals surface area contributed by atoms with Crippen LogP contribution in [0.5, 0.6) is 0 Å². The lowest BCUT2D eigenvalue weighted by atomic mass is 10.1. The molecule has 1 aliphatic heterocycles. The molecule has 0 spiro atoms. The molecule has 2 heterocycles. The van der Waals surface area contributed by atoms with Crippen molar-refractivity contribution in [3.63, 3.8) is 0 Å². The fourth-order valence-corrected chi connectivity index (χ4v) is 3.55. The summed E-state index contributed by atoms with van der Waals surface area (Å²) in [6.45, 7) is 7.53. The Morgan fingerprint density at radius 1 is 1.23 bits per heavy atom. The number of hydrogen-bond donors (Lipinski definition) is 2. The fourth-order valence-electron chi connectivity index (χ4n) is 3.55. The zero-order chi connectivity index (χ0) is 21.2. The smallest absolute Gasteiger partial charge is 0.269 e. The molecule has 1 aromatic heterocycles. The highest BCUT2D eigenvalue weighted by molar-refractivity contribution is 14.0. The molecule has 1 atom stereocenters. The van der Waals surface area contributed by atoms with Crippen LogP contribution >= 0.6 is 24.0 Å². The monoisotopic (exact) mass is 539 g/mol. The van der Waals surface area contributed by atoms with Crippen molar-refractivity contribution < 1.29 is 9.34 Å². The topological polar surface area (TPSA) is 95.9 Å². The van der Waals surface area contributed by atoms with Crippen LogP contribution in [0, 0.1) is 10.1 Å². The number of rotatable bonds is 9. The lowest BCUT2D eigenvalue weighted by Crippen LogP contribution is -2.44. The summed E-state index contributed by atoms with van der Waals surface area (Å²) in [6.07, 6.45) is 7.17. The first-order chi connectivity index (χ1) is 14.7. The lowest BCUT2D eigenvalue weighted by molar-refractivity contribution is -0.384. The summed E-state index contributed by atoms with van der Waals surface area (Å²) < 4.78 is 5.71. The van der Waals surface area contributed by atoms with Crippen molar-refractivity contribution in [3.8, 4) is 0 Å². The summed E-state index contributed by atoms with van der Waals surface area (Å²) in [6, 6.07) is 10.5. The average Bonchev–Trinajstić information content (AvgIpc) is 3.31. The molecule has 168 valence electrons. The molecular formula is C22H30IN5O3. The Hall–Kier alpha value is -2.40. The van der Waals surface area contributed by atoms with Crippen LogP contribution in [0.1, 0.15) is 36.6 Å². The normalized spacial score (nSPS) is 15.5. The van der Waals surface area contributed by atoms with Gasteiger partial charge in [-0.15, -0.1) is 30.6 Å². The van der Waals surface area contributed by atoms with Gasteiger partial charge in [0.25, 0.3) is 5.69 Å². The van der Waals surface area contributed by atoms with E-state index in [1.807, 2.05) is 12.1 Å². The number of likely N-dealkylation sites (tertiary alicyclic amines) is 1. The third-order valence-electron chi connectivity index (χ3n) is 5.15. The first kappa shape index (κ1) is 24.9. The van der Waals surface area contributed by atoms with Gasteiger partial charge < -0.3 is 15.1 Å². The molecule has 0 radical (unpaired) electrons. The summed E-state index contributed by atoms with van der Waals surface area (Å²) in [7, 11) is 0. The number of hydrogen-bond acceptors (Lipinski definition) is 5. The molecule has 31 heavy (non-hydrogen) atoms. The Balaban J connectivity index is 0.00000341. The van der Waals surface area contributed by atoms with Gasteiger partial charge in [0.15, 0.2) is 5.96 Å². The second-order valence-corrected chi connectivity index (χ2v) is 7.27. The SMILES string of the molecule is C=CCNC(=NCc1ccc([N+](=O)[O-])cc1)NCC(c1ccco1)N1CCCCC1.I. The third-order valence-corrected chi connectivity index (χ3v) is 5.15. The number of guanidine groups is 1. The van der Waals surface area contributed by atoms with E-state index in [0.29, 0.717) is 25.6 Å². The minimum absolute atomic E-state index is 0. The molecule has 0 saturated carbocycles. The largest absolute Gasteiger partial charge is 0.468 e. The van der Waals surface area contributed by atoms with Crippen molar-refractivity contribution >= 4 is 35.6 Å². The molecule has 1 aromatic carbocycles. The molecule has 1 fully saturated rings. The van der Waals surface area contributed by atoms with Gasteiger partial charge in [-0.1, -0.05) is 24.6 Å². The Labute approximate surface area is 200 Å². The molecule has 1 saturated heterocycles. The fraction of sp³-hybridized carbons (Fsp3) is 0.409. The number of benzene rings is 1. The number of nitro groups is 1. The van der Waals surface area contributed by atoms with Crippen LogP contribution < -0.4 is 10.6 Å². The summed E-state index contributed by atoms with van der Waals surface area (Å²) >= 11 is 0. The van der Waals surface area contributed by atoms with Crippen molar-refractivity contribution in [1.29, 1.82) is 0 Å². The van der Waals surface area contributed by atoms with Gasteiger partial charge in [0.2, 0.25) is 0 Å². The second-order valence-electron chi connectivity index (χ2n) is 7.27. The zero-order valence-electron chi connectivity index (χ0n) is 17.5. The summed E-state index contributed by atoms with van der Waals surface area (Å²) in [4.78, 5) is 17.5. The number of nitrogens with one attached hydrogen (secondary N) is 2. The number of halogens is 1. The van der Waals surface area contributed by atoms with Crippen LogP contribution in [0.4, 0.5) is 5.69 Å². The average molecular weight is 539 g/mol. The van der Waals surface area contributed by atoms with Crippen molar-refractivity contribution in [2.45, 2.75) is 31.8 Å². The van der Waals surface area contributed by atoms with Gasteiger partial charge >= 0.3 is 0 Å². The molecule has 0 aliphatic carbocycles. The number of piperidine rings is 1. The van der Waals surface area contributed by atoms with Gasteiger partial charge in [-0.05, 0) is 43.6 Å². The molecule has 0 bridgehead atoms. The van der Waals surface area contributed by atoms with E-state index in [-0.39, 0.29) is 35.7 Å². The van der Waals surface area contributed by atoms with Crippen molar-refractivity contribution in [2.75, 3.05) is 26.2 Å². The van der Waals surface area contributed by atoms with E-state index in [0.717, 1.165) is 24.4 Å². The van der Waals surface area contributed by atoms with Gasteiger partial charge in [-0.25, -0.2) is 4.99 Å².